The highest BCUT2D eigenvalue weighted by molar-refractivity contribution is 6.26. The third-order valence-corrected chi connectivity index (χ3v) is 6.62. The number of hydrogen-bond acceptors (Lipinski definition) is 6. The molecule has 2 bridgehead atoms. The van der Waals surface area contributed by atoms with E-state index < -0.39 is 0 Å². The Labute approximate surface area is 168 Å². The maximum Gasteiger partial charge on any atom is 0.173 e. The number of allylic oxidation sites excluding steroid dienone is 1. The summed E-state index contributed by atoms with van der Waals surface area (Å²) in [6, 6.07) is 6.22. The maximum absolute atomic E-state index is 13.4. The number of rotatable bonds is 2. The van der Waals surface area contributed by atoms with Gasteiger partial charge in [0.05, 0.1) is 40.9 Å². The van der Waals surface area contributed by atoms with Gasteiger partial charge < -0.3 is 9.84 Å². The summed E-state index contributed by atoms with van der Waals surface area (Å²) in [7, 11) is 0. The normalized spacial score (nSPS) is 30.0. The van der Waals surface area contributed by atoms with Crippen LogP contribution in [0.4, 0.5) is 0 Å². The number of Topliss-reactive ketones (excluding diaryl/α,β-unsaturated/α-hetero) is 1. The second kappa shape index (κ2) is 6.23. The summed E-state index contributed by atoms with van der Waals surface area (Å²) in [5.74, 6) is -0.786. The predicted octanol–water partition coefficient (Wildman–Crippen LogP) is 3.31. The predicted molar refractivity (Wildman–Crippen MR) is 105 cm³/mol. The molecule has 1 N–H and O–H groups in total. The molecule has 5 rings (SSSR count). The van der Waals surface area contributed by atoms with E-state index in [0.29, 0.717) is 23.3 Å². The lowest BCUT2D eigenvalue weighted by molar-refractivity contribution is -0.118. The van der Waals surface area contributed by atoms with Crippen LogP contribution in [-0.4, -0.2) is 33.1 Å². The number of ether oxygens (including phenoxy) is 1. The SMILES string of the molecule is Cc1cc(C)c(C2=C(O)[C@@H]3[C@@H]4O[C@@H](C[C@H]4c4ncncc4C#N)[C@@H]3C2=O)c(C)c1. The maximum atomic E-state index is 13.4. The summed E-state index contributed by atoms with van der Waals surface area (Å²) in [4.78, 5) is 21.6. The summed E-state index contributed by atoms with van der Waals surface area (Å²) >= 11 is 0. The van der Waals surface area contributed by atoms with Crippen LogP contribution in [0.15, 0.2) is 30.4 Å². The summed E-state index contributed by atoms with van der Waals surface area (Å²) in [5.41, 5.74) is 5.45. The molecule has 0 radical (unpaired) electrons. The number of aromatic nitrogens is 2. The Morgan fingerprint density at radius 1 is 1.21 bits per heavy atom. The first-order valence-electron chi connectivity index (χ1n) is 9.83. The van der Waals surface area contributed by atoms with Crippen molar-refractivity contribution in [3.63, 3.8) is 0 Å². The lowest BCUT2D eigenvalue weighted by Gasteiger charge is -2.27. The van der Waals surface area contributed by atoms with Gasteiger partial charge >= 0.3 is 0 Å². The molecule has 0 spiro atoms. The van der Waals surface area contributed by atoms with Crippen LogP contribution in [0, 0.1) is 43.9 Å². The van der Waals surface area contributed by atoms with Crippen LogP contribution in [0.1, 0.15) is 45.8 Å². The van der Waals surface area contributed by atoms with Crippen LogP contribution in [0.2, 0.25) is 0 Å². The van der Waals surface area contributed by atoms with Crippen molar-refractivity contribution in [1.29, 1.82) is 5.26 Å². The zero-order valence-electron chi connectivity index (χ0n) is 16.5. The smallest absolute Gasteiger partial charge is 0.173 e. The molecule has 1 aromatic heterocycles. The monoisotopic (exact) mass is 387 g/mol. The number of nitrogens with zero attached hydrogens (tertiary/aromatic N) is 3. The molecular weight excluding hydrogens is 366 g/mol. The lowest BCUT2D eigenvalue weighted by Crippen LogP contribution is -2.34. The third kappa shape index (κ3) is 2.41. The molecule has 0 amide bonds. The van der Waals surface area contributed by atoms with Crippen molar-refractivity contribution in [2.45, 2.75) is 45.3 Å². The van der Waals surface area contributed by atoms with E-state index in [4.69, 9.17) is 4.74 Å². The Morgan fingerprint density at radius 2 is 1.93 bits per heavy atom. The molecule has 2 fully saturated rings. The van der Waals surface area contributed by atoms with Crippen molar-refractivity contribution >= 4 is 11.4 Å². The van der Waals surface area contributed by atoms with Gasteiger partial charge in [-0.3, -0.25) is 4.79 Å². The number of aryl methyl sites for hydroxylation is 3. The highest BCUT2D eigenvalue weighted by atomic mass is 16.5. The fourth-order valence-electron chi connectivity index (χ4n) is 5.67. The second-order valence-corrected chi connectivity index (χ2v) is 8.36. The standard InChI is InChI=1S/C23H21N3O3/c1-10-4-11(2)16(12(3)5-10)18-21(27)17-15-6-14(23(29-15)19(17)22(18)28)20-13(7-24)8-25-9-26-20/h4-5,8-9,14-15,17,19,23,28H,6H2,1-3H3/t14-,15-,17-,19+,23+/m0/s1. The zero-order chi connectivity index (χ0) is 20.4. The largest absolute Gasteiger partial charge is 0.511 e. The molecule has 5 atom stereocenters. The number of aliphatic hydroxyl groups is 1. The number of fused-ring (bicyclic) bond motifs is 5. The minimum Gasteiger partial charge on any atom is -0.511 e. The molecule has 0 saturated carbocycles. The second-order valence-electron chi connectivity index (χ2n) is 8.36. The number of ketones is 1. The number of benzene rings is 1. The van der Waals surface area contributed by atoms with Crippen LogP contribution in [0.25, 0.3) is 5.57 Å². The van der Waals surface area contributed by atoms with E-state index in [1.807, 2.05) is 32.9 Å². The van der Waals surface area contributed by atoms with E-state index in [1.165, 1.54) is 12.5 Å². The van der Waals surface area contributed by atoms with Gasteiger partial charge in [0.15, 0.2) is 5.78 Å². The van der Waals surface area contributed by atoms with Crippen LogP contribution < -0.4 is 0 Å². The van der Waals surface area contributed by atoms with Crippen molar-refractivity contribution in [3.05, 3.63) is 63.9 Å². The molecule has 3 aliphatic rings. The molecule has 0 unspecified atom stereocenters. The minimum atomic E-state index is -0.386. The average Bonchev–Trinajstić information content (AvgIpc) is 3.34. The number of carbonyl (C=O) groups excluding carboxylic acids is 1. The van der Waals surface area contributed by atoms with Gasteiger partial charge in [0.25, 0.3) is 0 Å². The highest BCUT2D eigenvalue weighted by Crippen LogP contribution is 2.58. The molecule has 3 heterocycles. The molecule has 2 aromatic rings. The molecule has 146 valence electrons. The number of carbonyl (C=O) groups is 1. The van der Waals surface area contributed by atoms with Gasteiger partial charge in [0.2, 0.25) is 0 Å². The van der Waals surface area contributed by atoms with Gasteiger partial charge in [-0.1, -0.05) is 17.7 Å². The molecule has 6 nitrogen and oxygen atoms in total. The molecule has 1 aromatic carbocycles. The van der Waals surface area contributed by atoms with Crippen molar-refractivity contribution < 1.29 is 14.6 Å². The van der Waals surface area contributed by atoms with Crippen molar-refractivity contribution in [2.75, 3.05) is 0 Å². The van der Waals surface area contributed by atoms with E-state index >= 15 is 0 Å². The molecule has 2 saturated heterocycles. The molecule has 2 aliphatic heterocycles. The summed E-state index contributed by atoms with van der Waals surface area (Å²) in [6.45, 7) is 5.98. The summed E-state index contributed by atoms with van der Waals surface area (Å²) in [5, 5.41) is 20.6. The van der Waals surface area contributed by atoms with Crippen LogP contribution in [0.3, 0.4) is 0 Å². The average molecular weight is 387 g/mol. The Bertz CT molecular complexity index is 1110. The first kappa shape index (κ1) is 18.0. The van der Waals surface area contributed by atoms with E-state index in [1.54, 1.807) is 0 Å². The number of aliphatic hydroxyl groups excluding tert-OH is 1. The van der Waals surface area contributed by atoms with E-state index in [0.717, 1.165) is 22.3 Å². The van der Waals surface area contributed by atoms with Gasteiger partial charge in [-0.25, -0.2) is 9.97 Å². The van der Waals surface area contributed by atoms with E-state index in [2.05, 4.69) is 16.0 Å². The lowest BCUT2D eigenvalue weighted by atomic mass is 9.73. The van der Waals surface area contributed by atoms with Gasteiger partial charge in [0, 0.05) is 12.1 Å². The summed E-state index contributed by atoms with van der Waals surface area (Å²) in [6.07, 6.45) is 2.93. The van der Waals surface area contributed by atoms with Crippen LogP contribution in [-0.2, 0) is 9.53 Å². The van der Waals surface area contributed by atoms with Gasteiger partial charge in [-0.15, -0.1) is 0 Å². The molecule has 1 aliphatic carbocycles. The number of nitriles is 1. The first-order valence-corrected chi connectivity index (χ1v) is 9.83. The number of hydrogen-bond donors (Lipinski definition) is 1. The van der Waals surface area contributed by atoms with Gasteiger partial charge in [-0.2, -0.15) is 5.26 Å². The fourth-order valence-corrected chi connectivity index (χ4v) is 5.67. The van der Waals surface area contributed by atoms with E-state index in [-0.39, 0.29) is 41.5 Å². The quantitative estimate of drug-likeness (QED) is 0.849. The highest BCUT2D eigenvalue weighted by Gasteiger charge is 2.63. The van der Waals surface area contributed by atoms with Crippen LogP contribution >= 0.6 is 0 Å². The molecule has 29 heavy (non-hydrogen) atoms. The van der Waals surface area contributed by atoms with Gasteiger partial charge in [0.1, 0.15) is 18.2 Å². The Balaban J connectivity index is 1.59. The van der Waals surface area contributed by atoms with E-state index in [9.17, 15) is 15.2 Å². The van der Waals surface area contributed by atoms with Gasteiger partial charge in [-0.05, 0) is 43.9 Å². The third-order valence-electron chi connectivity index (χ3n) is 6.62. The summed E-state index contributed by atoms with van der Waals surface area (Å²) < 4.78 is 6.13. The Morgan fingerprint density at radius 3 is 2.62 bits per heavy atom. The Hall–Kier alpha value is -3.04. The minimum absolute atomic E-state index is 0.0308. The fraction of sp³-hybridized carbons (Fsp3) is 0.391. The van der Waals surface area contributed by atoms with Crippen molar-refractivity contribution in [3.8, 4) is 6.07 Å². The zero-order valence-corrected chi connectivity index (χ0v) is 16.5. The van der Waals surface area contributed by atoms with Crippen molar-refractivity contribution in [2.24, 2.45) is 11.8 Å². The Kier molecular flexibility index (Phi) is 3.87. The van der Waals surface area contributed by atoms with Crippen molar-refractivity contribution in [1.82, 2.24) is 9.97 Å². The van der Waals surface area contributed by atoms with Crippen LogP contribution in [0.5, 0.6) is 0 Å². The molecular formula is C23H21N3O3. The molecule has 6 heteroatoms. The topological polar surface area (TPSA) is 96.1 Å². The first-order chi connectivity index (χ1) is 13.9.